The van der Waals surface area contributed by atoms with E-state index in [1.807, 2.05) is 36.5 Å². The second-order valence-corrected chi connectivity index (χ2v) is 7.63. The second kappa shape index (κ2) is 7.76. The number of rotatable bonds is 4. The van der Waals surface area contributed by atoms with E-state index in [1.54, 1.807) is 16.8 Å². The first-order valence-electron chi connectivity index (χ1n) is 9.29. The van der Waals surface area contributed by atoms with Crippen LogP contribution in [-0.4, -0.2) is 27.1 Å². The van der Waals surface area contributed by atoms with Crippen molar-refractivity contribution in [3.8, 4) is 0 Å². The smallest absolute Gasteiger partial charge is 0.223 e. The SMILES string of the molecule is Cn1cc(C2CN(C(=O)CCc3ccc(F)c(Cl)c3)Cc3ccccc32)cn1. The predicted molar refractivity (Wildman–Crippen MR) is 107 cm³/mol. The molecule has 1 atom stereocenters. The maximum Gasteiger partial charge on any atom is 0.223 e. The standard InChI is InChI=1S/C22H21ClFN3O/c1-26-12-17(11-25-26)19-14-27(13-16-4-2-3-5-18(16)19)22(28)9-7-15-6-8-21(24)20(23)10-15/h2-6,8,10-12,19H,7,9,13-14H2,1H3. The molecule has 0 aliphatic carbocycles. The zero-order valence-corrected chi connectivity index (χ0v) is 16.4. The molecule has 0 radical (unpaired) electrons. The molecule has 6 heteroatoms. The van der Waals surface area contributed by atoms with Crippen molar-refractivity contribution >= 4 is 17.5 Å². The molecule has 1 aromatic heterocycles. The quantitative estimate of drug-likeness (QED) is 0.657. The van der Waals surface area contributed by atoms with Gasteiger partial charge in [0, 0.05) is 38.7 Å². The van der Waals surface area contributed by atoms with Crippen LogP contribution < -0.4 is 0 Å². The summed E-state index contributed by atoms with van der Waals surface area (Å²) in [5.41, 5.74) is 4.39. The molecule has 0 fully saturated rings. The minimum atomic E-state index is -0.441. The van der Waals surface area contributed by atoms with Gasteiger partial charge in [-0.05, 0) is 40.8 Å². The van der Waals surface area contributed by atoms with Crippen LogP contribution in [0.2, 0.25) is 5.02 Å². The number of benzene rings is 2. The van der Waals surface area contributed by atoms with Crippen LogP contribution in [0.25, 0.3) is 0 Å². The maximum absolute atomic E-state index is 13.3. The van der Waals surface area contributed by atoms with Crippen molar-refractivity contribution in [2.45, 2.75) is 25.3 Å². The molecule has 4 rings (SSSR count). The van der Waals surface area contributed by atoms with Gasteiger partial charge in [0.05, 0.1) is 11.2 Å². The van der Waals surface area contributed by atoms with Gasteiger partial charge in [0.2, 0.25) is 5.91 Å². The lowest BCUT2D eigenvalue weighted by atomic mass is 9.86. The fourth-order valence-electron chi connectivity index (χ4n) is 3.81. The third kappa shape index (κ3) is 3.80. The Hall–Kier alpha value is -2.66. The lowest BCUT2D eigenvalue weighted by Gasteiger charge is -2.34. The van der Waals surface area contributed by atoms with Crippen molar-refractivity contribution < 1.29 is 9.18 Å². The fourth-order valence-corrected chi connectivity index (χ4v) is 4.01. The first kappa shape index (κ1) is 18.7. The number of aryl methyl sites for hydroxylation is 2. The summed E-state index contributed by atoms with van der Waals surface area (Å²) in [4.78, 5) is 14.8. The number of amides is 1. The number of carbonyl (C=O) groups is 1. The number of hydrogen-bond acceptors (Lipinski definition) is 2. The van der Waals surface area contributed by atoms with Crippen molar-refractivity contribution in [3.63, 3.8) is 0 Å². The largest absolute Gasteiger partial charge is 0.337 e. The summed E-state index contributed by atoms with van der Waals surface area (Å²) < 4.78 is 15.1. The zero-order valence-electron chi connectivity index (χ0n) is 15.6. The molecule has 4 nitrogen and oxygen atoms in total. The Kier molecular flexibility index (Phi) is 5.18. The Balaban J connectivity index is 1.51. The summed E-state index contributed by atoms with van der Waals surface area (Å²) in [5.74, 6) is -0.240. The highest BCUT2D eigenvalue weighted by atomic mass is 35.5. The van der Waals surface area contributed by atoms with E-state index in [9.17, 15) is 9.18 Å². The maximum atomic E-state index is 13.3. The molecule has 144 valence electrons. The predicted octanol–water partition coefficient (Wildman–Crippen LogP) is 4.32. The molecular formula is C22H21ClFN3O. The monoisotopic (exact) mass is 397 g/mol. The summed E-state index contributed by atoms with van der Waals surface area (Å²) in [5, 5.41) is 4.39. The highest BCUT2D eigenvalue weighted by Gasteiger charge is 2.29. The van der Waals surface area contributed by atoms with Crippen LogP contribution in [0.1, 0.15) is 34.6 Å². The Morgan fingerprint density at radius 1 is 1.29 bits per heavy atom. The van der Waals surface area contributed by atoms with Crippen LogP contribution >= 0.6 is 11.6 Å². The normalized spacial score (nSPS) is 16.1. The third-order valence-electron chi connectivity index (χ3n) is 5.29. The molecule has 3 aromatic rings. The van der Waals surface area contributed by atoms with Gasteiger partial charge in [-0.15, -0.1) is 0 Å². The summed E-state index contributed by atoms with van der Waals surface area (Å²) in [6, 6.07) is 12.9. The van der Waals surface area contributed by atoms with Crippen LogP contribution in [0, 0.1) is 5.82 Å². The lowest BCUT2D eigenvalue weighted by molar-refractivity contribution is -0.132. The Morgan fingerprint density at radius 2 is 2.11 bits per heavy atom. The fraction of sp³-hybridized carbons (Fsp3) is 0.273. The Labute approximate surface area is 168 Å². The molecule has 0 bridgehead atoms. The average Bonchev–Trinajstić information content (AvgIpc) is 3.14. The number of nitrogens with zero attached hydrogens (tertiary/aromatic N) is 3. The summed E-state index contributed by atoms with van der Waals surface area (Å²) in [6.45, 7) is 1.24. The minimum absolute atomic E-state index is 0.0869. The molecule has 0 spiro atoms. The van der Waals surface area contributed by atoms with Gasteiger partial charge in [0.1, 0.15) is 5.82 Å². The minimum Gasteiger partial charge on any atom is -0.337 e. The van der Waals surface area contributed by atoms with E-state index < -0.39 is 5.82 Å². The van der Waals surface area contributed by atoms with Crippen molar-refractivity contribution in [2.24, 2.45) is 7.05 Å². The molecule has 0 saturated carbocycles. The number of carbonyl (C=O) groups excluding carboxylic acids is 1. The van der Waals surface area contributed by atoms with Crippen molar-refractivity contribution in [1.29, 1.82) is 0 Å². The van der Waals surface area contributed by atoms with Gasteiger partial charge in [0.25, 0.3) is 0 Å². The number of halogens is 2. The number of fused-ring (bicyclic) bond motifs is 1. The van der Waals surface area contributed by atoms with E-state index in [1.165, 1.54) is 17.2 Å². The van der Waals surface area contributed by atoms with Crippen LogP contribution in [0.15, 0.2) is 54.9 Å². The topological polar surface area (TPSA) is 38.1 Å². The highest BCUT2D eigenvalue weighted by Crippen LogP contribution is 2.33. The third-order valence-corrected chi connectivity index (χ3v) is 5.58. The van der Waals surface area contributed by atoms with Crippen LogP contribution in [0.4, 0.5) is 4.39 Å². The van der Waals surface area contributed by atoms with Gasteiger partial charge < -0.3 is 4.90 Å². The van der Waals surface area contributed by atoms with Gasteiger partial charge >= 0.3 is 0 Å². The molecule has 1 aliphatic rings. The first-order chi connectivity index (χ1) is 13.5. The van der Waals surface area contributed by atoms with Gasteiger partial charge in [-0.25, -0.2) is 4.39 Å². The number of hydrogen-bond donors (Lipinski definition) is 0. The molecule has 2 aromatic carbocycles. The van der Waals surface area contributed by atoms with Crippen LogP contribution in [-0.2, 0) is 24.8 Å². The molecule has 0 N–H and O–H groups in total. The summed E-state index contributed by atoms with van der Waals surface area (Å²) in [7, 11) is 1.90. The average molecular weight is 398 g/mol. The van der Waals surface area contributed by atoms with E-state index in [4.69, 9.17) is 11.6 Å². The van der Waals surface area contributed by atoms with Gasteiger partial charge in [-0.3, -0.25) is 9.48 Å². The van der Waals surface area contributed by atoms with Gasteiger partial charge in [-0.1, -0.05) is 41.9 Å². The molecule has 1 unspecified atom stereocenters. The zero-order chi connectivity index (χ0) is 19.7. The highest BCUT2D eigenvalue weighted by molar-refractivity contribution is 6.30. The van der Waals surface area contributed by atoms with E-state index in [0.29, 0.717) is 25.9 Å². The summed E-state index contributed by atoms with van der Waals surface area (Å²) >= 11 is 5.84. The molecule has 2 heterocycles. The Morgan fingerprint density at radius 3 is 2.86 bits per heavy atom. The molecular weight excluding hydrogens is 377 g/mol. The molecule has 28 heavy (non-hydrogen) atoms. The molecule has 1 aliphatic heterocycles. The van der Waals surface area contributed by atoms with E-state index in [2.05, 4.69) is 17.2 Å². The van der Waals surface area contributed by atoms with Gasteiger partial charge in [-0.2, -0.15) is 5.10 Å². The second-order valence-electron chi connectivity index (χ2n) is 7.22. The molecule has 0 saturated heterocycles. The van der Waals surface area contributed by atoms with E-state index in [0.717, 1.165) is 11.1 Å². The Bertz CT molecular complexity index is 1020. The van der Waals surface area contributed by atoms with Crippen LogP contribution in [0.5, 0.6) is 0 Å². The van der Waals surface area contributed by atoms with Crippen molar-refractivity contribution in [1.82, 2.24) is 14.7 Å². The first-order valence-corrected chi connectivity index (χ1v) is 9.67. The van der Waals surface area contributed by atoms with Crippen molar-refractivity contribution in [3.05, 3.63) is 88.0 Å². The van der Waals surface area contributed by atoms with Crippen molar-refractivity contribution in [2.75, 3.05) is 6.54 Å². The number of aromatic nitrogens is 2. The van der Waals surface area contributed by atoms with E-state index >= 15 is 0 Å². The van der Waals surface area contributed by atoms with Crippen LogP contribution in [0.3, 0.4) is 0 Å². The van der Waals surface area contributed by atoms with Gasteiger partial charge in [0.15, 0.2) is 0 Å². The lowest BCUT2D eigenvalue weighted by Crippen LogP contribution is -2.38. The van der Waals surface area contributed by atoms with E-state index in [-0.39, 0.29) is 16.8 Å². The molecule has 1 amide bonds. The summed E-state index contributed by atoms with van der Waals surface area (Å²) in [6.07, 6.45) is 4.78.